The van der Waals surface area contributed by atoms with Gasteiger partial charge in [-0.1, -0.05) is 17.7 Å². The minimum absolute atomic E-state index is 0.261. The molecule has 146 valence electrons. The number of rotatable bonds is 6. The molecule has 4 aromatic rings. The molecule has 2 amide bonds. The van der Waals surface area contributed by atoms with Crippen molar-refractivity contribution in [1.82, 2.24) is 34.9 Å². The molecule has 1 aromatic carbocycles. The van der Waals surface area contributed by atoms with Crippen LogP contribution in [0, 0.1) is 0 Å². The van der Waals surface area contributed by atoms with E-state index in [0.29, 0.717) is 18.1 Å². The molecule has 0 spiro atoms. The summed E-state index contributed by atoms with van der Waals surface area (Å²) in [5, 5.41) is 10.6. The standard InChI is InChI=1S/C20H18ClN7O/c21-17-2-4-18(5-3-17)28-13-16(12-26-28)11-25-20(29)24-10-15-1-6-19(23-9-15)27-8-7-22-14-27/h1-9,12-14H,10-11H2,(H2,24,25,29). The van der Waals surface area contributed by atoms with Gasteiger partial charge in [0.15, 0.2) is 0 Å². The van der Waals surface area contributed by atoms with Crippen LogP contribution in [0.25, 0.3) is 11.5 Å². The SMILES string of the molecule is O=C(NCc1ccc(-n2ccnc2)nc1)NCc1cnn(-c2ccc(Cl)cc2)c1. The molecule has 3 aromatic heterocycles. The lowest BCUT2D eigenvalue weighted by Gasteiger charge is -2.07. The predicted octanol–water partition coefficient (Wildman–Crippen LogP) is 3.11. The first-order chi connectivity index (χ1) is 14.2. The molecule has 0 aliphatic rings. The van der Waals surface area contributed by atoms with E-state index in [1.807, 2.05) is 41.2 Å². The Hall–Kier alpha value is -3.65. The van der Waals surface area contributed by atoms with Crippen LogP contribution in [0.1, 0.15) is 11.1 Å². The fourth-order valence-electron chi connectivity index (χ4n) is 2.68. The number of urea groups is 1. The number of halogens is 1. The number of hydrogen-bond acceptors (Lipinski definition) is 4. The molecule has 4 rings (SSSR count). The molecule has 0 fully saturated rings. The Morgan fingerprint density at radius 1 is 1.00 bits per heavy atom. The van der Waals surface area contributed by atoms with Crippen LogP contribution in [0.4, 0.5) is 4.79 Å². The Morgan fingerprint density at radius 3 is 2.48 bits per heavy atom. The van der Waals surface area contributed by atoms with Crippen molar-refractivity contribution in [1.29, 1.82) is 0 Å². The highest BCUT2D eigenvalue weighted by Crippen LogP contribution is 2.13. The van der Waals surface area contributed by atoms with Crippen molar-refractivity contribution in [2.45, 2.75) is 13.1 Å². The summed E-state index contributed by atoms with van der Waals surface area (Å²) in [6, 6.07) is 10.9. The summed E-state index contributed by atoms with van der Waals surface area (Å²) in [6.45, 7) is 0.754. The summed E-state index contributed by atoms with van der Waals surface area (Å²) < 4.78 is 3.55. The Kier molecular flexibility index (Phi) is 5.53. The first kappa shape index (κ1) is 18.7. The second-order valence-corrected chi connectivity index (χ2v) is 6.74. The maximum absolute atomic E-state index is 12.1. The zero-order valence-corrected chi connectivity index (χ0v) is 16.1. The number of carbonyl (C=O) groups excluding carboxylic acids is 1. The van der Waals surface area contributed by atoms with Gasteiger partial charge in [0, 0.05) is 48.5 Å². The first-order valence-corrected chi connectivity index (χ1v) is 9.29. The highest BCUT2D eigenvalue weighted by atomic mass is 35.5. The fraction of sp³-hybridized carbons (Fsp3) is 0.100. The minimum Gasteiger partial charge on any atom is -0.334 e. The van der Waals surface area contributed by atoms with E-state index in [1.165, 1.54) is 0 Å². The molecule has 29 heavy (non-hydrogen) atoms. The molecule has 0 radical (unpaired) electrons. The second kappa shape index (κ2) is 8.57. The van der Waals surface area contributed by atoms with E-state index in [-0.39, 0.29) is 6.03 Å². The molecule has 2 N–H and O–H groups in total. The average Bonchev–Trinajstić information content (AvgIpc) is 3.44. The number of hydrogen-bond donors (Lipinski definition) is 2. The molecule has 3 heterocycles. The third-order valence-electron chi connectivity index (χ3n) is 4.21. The summed E-state index contributed by atoms with van der Waals surface area (Å²) >= 11 is 5.90. The molecular weight excluding hydrogens is 390 g/mol. The van der Waals surface area contributed by atoms with Crippen molar-refractivity contribution in [3.8, 4) is 11.5 Å². The van der Waals surface area contributed by atoms with Gasteiger partial charge in [0.2, 0.25) is 0 Å². The average molecular weight is 408 g/mol. The van der Waals surface area contributed by atoms with E-state index in [4.69, 9.17) is 11.6 Å². The van der Waals surface area contributed by atoms with E-state index < -0.39 is 0 Å². The van der Waals surface area contributed by atoms with E-state index in [0.717, 1.165) is 22.6 Å². The third kappa shape index (κ3) is 4.80. The molecule has 0 unspecified atom stereocenters. The van der Waals surface area contributed by atoms with Crippen LogP contribution >= 0.6 is 11.6 Å². The van der Waals surface area contributed by atoms with Crippen LogP contribution < -0.4 is 10.6 Å². The summed E-state index contributed by atoms with van der Waals surface area (Å²) in [5.41, 5.74) is 2.69. The van der Waals surface area contributed by atoms with Crippen molar-refractivity contribution >= 4 is 17.6 Å². The predicted molar refractivity (Wildman–Crippen MR) is 109 cm³/mol. The van der Waals surface area contributed by atoms with Crippen LogP contribution in [-0.2, 0) is 13.1 Å². The molecule has 0 aliphatic heterocycles. The van der Waals surface area contributed by atoms with Gasteiger partial charge in [-0.25, -0.2) is 19.4 Å². The van der Waals surface area contributed by atoms with E-state index in [9.17, 15) is 4.79 Å². The molecule has 0 saturated carbocycles. The van der Waals surface area contributed by atoms with E-state index in [1.54, 1.807) is 41.7 Å². The third-order valence-corrected chi connectivity index (χ3v) is 4.46. The van der Waals surface area contributed by atoms with Crippen LogP contribution in [0.2, 0.25) is 5.02 Å². The summed E-state index contributed by atoms with van der Waals surface area (Å²) in [6.07, 6.45) is 10.5. The van der Waals surface area contributed by atoms with Crippen molar-refractivity contribution in [3.63, 3.8) is 0 Å². The normalized spacial score (nSPS) is 10.7. The Bertz CT molecular complexity index is 1070. The molecule has 0 aliphatic carbocycles. The largest absolute Gasteiger partial charge is 0.334 e. The van der Waals surface area contributed by atoms with Gasteiger partial charge in [-0.3, -0.25) is 4.57 Å². The van der Waals surface area contributed by atoms with Gasteiger partial charge in [0.1, 0.15) is 12.1 Å². The number of benzene rings is 1. The smallest absolute Gasteiger partial charge is 0.315 e. The molecule has 0 atom stereocenters. The highest BCUT2D eigenvalue weighted by Gasteiger charge is 2.05. The van der Waals surface area contributed by atoms with Crippen molar-refractivity contribution in [2.75, 3.05) is 0 Å². The molecule has 8 nitrogen and oxygen atoms in total. The number of nitrogens with zero attached hydrogens (tertiary/aromatic N) is 5. The second-order valence-electron chi connectivity index (χ2n) is 6.30. The summed E-state index contributed by atoms with van der Waals surface area (Å²) in [7, 11) is 0. The minimum atomic E-state index is -0.261. The van der Waals surface area contributed by atoms with Gasteiger partial charge >= 0.3 is 6.03 Å². The number of nitrogens with one attached hydrogen (secondary N) is 2. The summed E-state index contributed by atoms with van der Waals surface area (Å²) in [5.74, 6) is 0.772. The van der Waals surface area contributed by atoms with Crippen molar-refractivity contribution in [2.24, 2.45) is 0 Å². The summed E-state index contributed by atoms with van der Waals surface area (Å²) in [4.78, 5) is 20.4. The fourth-order valence-corrected chi connectivity index (χ4v) is 2.81. The lowest BCUT2D eigenvalue weighted by atomic mass is 10.3. The van der Waals surface area contributed by atoms with Crippen molar-refractivity contribution in [3.05, 3.63) is 89.9 Å². The van der Waals surface area contributed by atoms with Crippen molar-refractivity contribution < 1.29 is 4.79 Å². The zero-order chi connectivity index (χ0) is 20.1. The molecule has 9 heteroatoms. The van der Waals surface area contributed by atoms with E-state index >= 15 is 0 Å². The quantitative estimate of drug-likeness (QED) is 0.514. The van der Waals surface area contributed by atoms with Crippen LogP contribution in [0.15, 0.2) is 73.7 Å². The van der Waals surface area contributed by atoms with Gasteiger partial charge < -0.3 is 10.6 Å². The molecule has 0 bridgehead atoms. The number of pyridine rings is 1. The Morgan fingerprint density at radius 2 is 1.79 bits per heavy atom. The number of carbonyl (C=O) groups is 1. The number of amides is 2. The Balaban J connectivity index is 1.25. The van der Waals surface area contributed by atoms with Gasteiger partial charge in [-0.05, 0) is 35.9 Å². The van der Waals surface area contributed by atoms with Crippen LogP contribution in [0.3, 0.4) is 0 Å². The Labute approximate surface area is 172 Å². The van der Waals surface area contributed by atoms with Crippen LogP contribution in [-0.4, -0.2) is 30.3 Å². The lowest BCUT2D eigenvalue weighted by Crippen LogP contribution is -2.34. The lowest BCUT2D eigenvalue weighted by molar-refractivity contribution is 0.240. The number of imidazole rings is 1. The monoisotopic (exact) mass is 407 g/mol. The van der Waals surface area contributed by atoms with Gasteiger partial charge in [0.25, 0.3) is 0 Å². The molecular formula is C20H18ClN7O. The maximum atomic E-state index is 12.1. The van der Waals surface area contributed by atoms with Gasteiger partial charge in [-0.2, -0.15) is 5.10 Å². The van der Waals surface area contributed by atoms with Gasteiger partial charge in [0.05, 0.1) is 11.9 Å². The number of aromatic nitrogens is 5. The molecule has 0 saturated heterocycles. The van der Waals surface area contributed by atoms with E-state index in [2.05, 4.69) is 25.7 Å². The topological polar surface area (TPSA) is 89.7 Å². The first-order valence-electron chi connectivity index (χ1n) is 8.92. The van der Waals surface area contributed by atoms with Gasteiger partial charge in [-0.15, -0.1) is 0 Å². The maximum Gasteiger partial charge on any atom is 0.315 e. The zero-order valence-electron chi connectivity index (χ0n) is 15.4. The highest BCUT2D eigenvalue weighted by molar-refractivity contribution is 6.30. The van der Waals surface area contributed by atoms with Crippen LogP contribution in [0.5, 0.6) is 0 Å².